The third-order valence-corrected chi connectivity index (χ3v) is 5.76. The molecule has 1 aromatic carbocycles. The summed E-state index contributed by atoms with van der Waals surface area (Å²) in [6.07, 6.45) is 4.76. The van der Waals surface area contributed by atoms with Crippen LogP contribution in [-0.4, -0.2) is 55.5 Å². The van der Waals surface area contributed by atoms with Crippen molar-refractivity contribution in [3.63, 3.8) is 0 Å². The lowest BCUT2D eigenvalue weighted by molar-refractivity contribution is -0.137. The minimum Gasteiger partial charge on any atom is -0.494 e. The molecule has 3 atom stereocenters. The Labute approximate surface area is 180 Å². The van der Waals surface area contributed by atoms with E-state index in [-0.39, 0.29) is 36.2 Å². The maximum absolute atomic E-state index is 12.8. The van der Waals surface area contributed by atoms with E-state index in [0.29, 0.717) is 25.5 Å². The van der Waals surface area contributed by atoms with Crippen molar-refractivity contribution >= 4 is 24.2 Å². The van der Waals surface area contributed by atoms with Crippen LogP contribution in [-0.2, 0) is 9.59 Å². The van der Waals surface area contributed by atoms with Gasteiger partial charge in [0.25, 0.3) is 0 Å². The standard InChI is InChI=1S/C22H33N3O3.ClH/c1-17(11-14-28-19-8-3-2-4-9-19)22(27)25-13-6-7-18(16-25)15-24-21(26)20-10-5-12-23-20;/h2-4,8-9,17-18,20,23H,5-7,10-16H2,1H3,(H,24,26);1H. The van der Waals surface area contributed by atoms with Crippen molar-refractivity contribution in [2.45, 2.75) is 45.1 Å². The fourth-order valence-corrected chi connectivity index (χ4v) is 4.01. The van der Waals surface area contributed by atoms with Crippen LogP contribution >= 0.6 is 12.4 Å². The Hall–Kier alpha value is -1.79. The van der Waals surface area contributed by atoms with Crippen molar-refractivity contribution in [1.82, 2.24) is 15.5 Å². The van der Waals surface area contributed by atoms with Gasteiger partial charge in [0.2, 0.25) is 11.8 Å². The summed E-state index contributed by atoms with van der Waals surface area (Å²) in [4.78, 5) is 27.0. The van der Waals surface area contributed by atoms with Crippen LogP contribution in [0.25, 0.3) is 0 Å². The van der Waals surface area contributed by atoms with Crippen molar-refractivity contribution in [2.24, 2.45) is 11.8 Å². The van der Waals surface area contributed by atoms with Crippen LogP contribution < -0.4 is 15.4 Å². The highest BCUT2D eigenvalue weighted by atomic mass is 35.5. The third kappa shape index (κ3) is 7.19. The summed E-state index contributed by atoms with van der Waals surface area (Å²) in [5.74, 6) is 1.43. The average Bonchev–Trinajstić information content (AvgIpc) is 3.27. The number of para-hydroxylation sites is 1. The first-order valence-electron chi connectivity index (χ1n) is 10.6. The molecule has 0 bridgehead atoms. The molecule has 3 rings (SSSR count). The number of carbonyl (C=O) groups excluding carboxylic acids is 2. The summed E-state index contributed by atoms with van der Waals surface area (Å²) in [5, 5.41) is 6.31. The van der Waals surface area contributed by atoms with Gasteiger partial charge >= 0.3 is 0 Å². The highest BCUT2D eigenvalue weighted by Gasteiger charge is 2.28. The number of hydrogen-bond donors (Lipinski definition) is 2. The Morgan fingerprint density at radius 3 is 2.76 bits per heavy atom. The van der Waals surface area contributed by atoms with Gasteiger partial charge in [-0.1, -0.05) is 25.1 Å². The normalized spacial score (nSPS) is 22.4. The van der Waals surface area contributed by atoms with E-state index in [9.17, 15) is 9.59 Å². The van der Waals surface area contributed by atoms with Crippen LogP contribution in [0.5, 0.6) is 5.75 Å². The molecule has 0 aliphatic carbocycles. The topological polar surface area (TPSA) is 70.7 Å². The monoisotopic (exact) mass is 423 g/mol. The number of piperidine rings is 1. The van der Waals surface area contributed by atoms with Crippen LogP contribution in [0.2, 0.25) is 0 Å². The van der Waals surface area contributed by atoms with E-state index in [1.807, 2.05) is 42.2 Å². The van der Waals surface area contributed by atoms with Crippen molar-refractivity contribution < 1.29 is 14.3 Å². The van der Waals surface area contributed by atoms with Crippen molar-refractivity contribution in [3.8, 4) is 5.75 Å². The second-order valence-electron chi connectivity index (χ2n) is 8.04. The van der Waals surface area contributed by atoms with E-state index >= 15 is 0 Å². The Bertz CT molecular complexity index is 637. The molecular formula is C22H34ClN3O3. The van der Waals surface area contributed by atoms with Crippen molar-refractivity contribution in [1.29, 1.82) is 0 Å². The predicted molar refractivity (Wildman–Crippen MR) is 116 cm³/mol. The molecule has 2 aliphatic heterocycles. The molecule has 2 heterocycles. The minimum absolute atomic E-state index is 0. The lowest BCUT2D eigenvalue weighted by Crippen LogP contribution is -2.47. The van der Waals surface area contributed by atoms with Gasteiger partial charge in [0.1, 0.15) is 5.75 Å². The Balaban J connectivity index is 0.00000300. The molecule has 29 heavy (non-hydrogen) atoms. The summed E-state index contributed by atoms with van der Waals surface area (Å²) >= 11 is 0. The van der Waals surface area contributed by atoms with E-state index < -0.39 is 0 Å². The van der Waals surface area contributed by atoms with Crippen LogP contribution in [0.3, 0.4) is 0 Å². The molecule has 1 aromatic rings. The lowest BCUT2D eigenvalue weighted by Gasteiger charge is -2.34. The van der Waals surface area contributed by atoms with Crippen LogP contribution in [0, 0.1) is 11.8 Å². The largest absolute Gasteiger partial charge is 0.494 e. The van der Waals surface area contributed by atoms with E-state index in [2.05, 4.69) is 10.6 Å². The van der Waals surface area contributed by atoms with Crippen LogP contribution in [0.4, 0.5) is 0 Å². The average molecular weight is 424 g/mol. The highest BCUT2D eigenvalue weighted by molar-refractivity contribution is 5.85. The van der Waals surface area contributed by atoms with Gasteiger partial charge in [-0.3, -0.25) is 9.59 Å². The molecule has 0 spiro atoms. The number of carbonyl (C=O) groups is 2. The Morgan fingerprint density at radius 2 is 2.03 bits per heavy atom. The van der Waals surface area contributed by atoms with E-state index in [1.54, 1.807) is 0 Å². The van der Waals surface area contributed by atoms with E-state index in [4.69, 9.17) is 4.74 Å². The third-order valence-electron chi connectivity index (χ3n) is 5.76. The molecular weight excluding hydrogens is 390 g/mol. The van der Waals surface area contributed by atoms with Gasteiger partial charge < -0.3 is 20.3 Å². The maximum atomic E-state index is 12.8. The molecule has 0 radical (unpaired) electrons. The number of halogens is 1. The first-order chi connectivity index (χ1) is 13.6. The van der Waals surface area contributed by atoms with Gasteiger partial charge in [0.15, 0.2) is 0 Å². The van der Waals surface area contributed by atoms with E-state index in [0.717, 1.165) is 51.1 Å². The molecule has 0 saturated carbocycles. The van der Waals surface area contributed by atoms with Gasteiger partial charge in [0.05, 0.1) is 12.6 Å². The van der Waals surface area contributed by atoms with Gasteiger partial charge in [-0.25, -0.2) is 0 Å². The number of nitrogens with zero attached hydrogens (tertiary/aromatic N) is 1. The van der Waals surface area contributed by atoms with E-state index in [1.165, 1.54) is 0 Å². The van der Waals surface area contributed by atoms with Gasteiger partial charge in [-0.2, -0.15) is 0 Å². The molecule has 6 nitrogen and oxygen atoms in total. The minimum atomic E-state index is -0.0558. The molecule has 2 fully saturated rings. The second kappa shape index (κ2) is 12.0. The molecule has 162 valence electrons. The predicted octanol–water partition coefficient (Wildman–Crippen LogP) is 2.62. The Kier molecular flexibility index (Phi) is 9.74. The highest BCUT2D eigenvalue weighted by Crippen LogP contribution is 2.19. The Morgan fingerprint density at radius 1 is 1.24 bits per heavy atom. The smallest absolute Gasteiger partial charge is 0.237 e. The molecule has 2 aliphatic rings. The molecule has 7 heteroatoms. The number of rotatable bonds is 8. The van der Waals surface area contributed by atoms with Gasteiger partial charge in [0, 0.05) is 25.6 Å². The summed E-state index contributed by atoms with van der Waals surface area (Å²) in [7, 11) is 0. The molecule has 2 N–H and O–H groups in total. The summed E-state index contributed by atoms with van der Waals surface area (Å²) < 4.78 is 5.72. The molecule has 3 unspecified atom stereocenters. The molecule has 2 saturated heterocycles. The lowest BCUT2D eigenvalue weighted by atomic mass is 9.96. The zero-order valence-electron chi connectivity index (χ0n) is 17.3. The second-order valence-corrected chi connectivity index (χ2v) is 8.04. The SMILES string of the molecule is CC(CCOc1ccccc1)C(=O)N1CCCC(CNC(=O)C2CCCN2)C1.Cl. The number of likely N-dealkylation sites (tertiary alicyclic amines) is 1. The first kappa shape index (κ1) is 23.5. The fourth-order valence-electron chi connectivity index (χ4n) is 4.01. The number of benzene rings is 1. The van der Waals surface area contributed by atoms with Crippen LogP contribution in [0.15, 0.2) is 30.3 Å². The number of nitrogens with one attached hydrogen (secondary N) is 2. The zero-order valence-corrected chi connectivity index (χ0v) is 18.1. The molecule has 2 amide bonds. The molecule has 0 aromatic heterocycles. The fraction of sp³-hybridized carbons (Fsp3) is 0.636. The quantitative estimate of drug-likeness (QED) is 0.674. The van der Waals surface area contributed by atoms with Crippen LogP contribution in [0.1, 0.15) is 39.0 Å². The zero-order chi connectivity index (χ0) is 19.8. The maximum Gasteiger partial charge on any atom is 0.237 e. The number of ether oxygens (including phenoxy) is 1. The number of amides is 2. The van der Waals surface area contributed by atoms with Crippen molar-refractivity contribution in [3.05, 3.63) is 30.3 Å². The van der Waals surface area contributed by atoms with Gasteiger partial charge in [-0.05, 0) is 56.7 Å². The summed E-state index contributed by atoms with van der Waals surface area (Å²) in [6, 6.07) is 9.66. The van der Waals surface area contributed by atoms with Crippen molar-refractivity contribution in [2.75, 3.05) is 32.8 Å². The van der Waals surface area contributed by atoms with Gasteiger partial charge in [-0.15, -0.1) is 12.4 Å². The summed E-state index contributed by atoms with van der Waals surface area (Å²) in [6.45, 7) is 5.66. The number of hydrogen-bond acceptors (Lipinski definition) is 4. The summed E-state index contributed by atoms with van der Waals surface area (Å²) in [5.41, 5.74) is 0. The first-order valence-corrected chi connectivity index (χ1v) is 10.6.